The van der Waals surface area contributed by atoms with Gasteiger partial charge in [0.15, 0.2) is 0 Å². The van der Waals surface area contributed by atoms with Crippen LogP contribution in [0.5, 0.6) is 0 Å². The Bertz CT molecular complexity index is 657. The van der Waals surface area contributed by atoms with Gasteiger partial charge in [0.25, 0.3) is 5.69 Å². The lowest BCUT2D eigenvalue weighted by Crippen LogP contribution is -2.39. The van der Waals surface area contributed by atoms with Crippen LogP contribution in [0.1, 0.15) is 32.7 Å². The van der Waals surface area contributed by atoms with E-state index < -0.39 is 0 Å². The summed E-state index contributed by atoms with van der Waals surface area (Å²) in [5.41, 5.74) is 0.996. The molecule has 6 heteroatoms. The minimum absolute atomic E-state index is 0.129. The van der Waals surface area contributed by atoms with Gasteiger partial charge in [-0.15, -0.1) is 0 Å². The molecule has 0 spiro atoms. The molecule has 0 unspecified atom stereocenters. The van der Waals surface area contributed by atoms with Gasteiger partial charge in [0.05, 0.1) is 22.7 Å². The average molecular weight is 288 g/mol. The van der Waals surface area contributed by atoms with E-state index in [0.29, 0.717) is 12.1 Å². The number of nitro groups is 1. The van der Waals surface area contributed by atoms with Crippen LogP contribution in [0.4, 0.5) is 5.69 Å². The summed E-state index contributed by atoms with van der Waals surface area (Å²) < 4.78 is 1.97. The second-order valence-electron chi connectivity index (χ2n) is 5.95. The molecule has 2 heterocycles. The van der Waals surface area contributed by atoms with Gasteiger partial charge in [0.1, 0.15) is 0 Å². The van der Waals surface area contributed by atoms with Crippen molar-refractivity contribution < 1.29 is 4.92 Å². The number of aromatic nitrogens is 2. The maximum atomic E-state index is 10.9. The Morgan fingerprint density at radius 3 is 2.67 bits per heavy atom. The predicted molar refractivity (Wildman–Crippen MR) is 81.4 cm³/mol. The predicted octanol–water partition coefficient (Wildman–Crippen LogP) is 2.99. The van der Waals surface area contributed by atoms with Crippen LogP contribution in [0.15, 0.2) is 24.4 Å². The molecule has 1 saturated heterocycles. The van der Waals surface area contributed by atoms with Gasteiger partial charge in [-0.2, -0.15) is 5.10 Å². The summed E-state index contributed by atoms with van der Waals surface area (Å²) in [4.78, 5) is 13.1. The van der Waals surface area contributed by atoms with E-state index in [1.54, 1.807) is 18.3 Å². The van der Waals surface area contributed by atoms with Crippen molar-refractivity contribution in [3.8, 4) is 0 Å². The Morgan fingerprint density at radius 2 is 2.05 bits per heavy atom. The van der Waals surface area contributed by atoms with Crippen molar-refractivity contribution in [3.63, 3.8) is 0 Å². The fraction of sp³-hybridized carbons (Fsp3) is 0.533. The molecule has 0 aliphatic carbocycles. The number of rotatable bonds is 3. The maximum Gasteiger partial charge on any atom is 0.271 e. The first-order chi connectivity index (χ1) is 10.1. The summed E-state index contributed by atoms with van der Waals surface area (Å²) in [6.07, 6.45) is 3.88. The normalized spacial score (nSPS) is 17.7. The largest absolute Gasteiger partial charge is 0.301 e. The van der Waals surface area contributed by atoms with E-state index in [1.807, 2.05) is 4.68 Å². The number of nitrogens with zero attached hydrogens (tertiary/aromatic N) is 4. The fourth-order valence-corrected chi connectivity index (χ4v) is 3.08. The Hall–Kier alpha value is -1.95. The van der Waals surface area contributed by atoms with Gasteiger partial charge in [0.2, 0.25) is 0 Å². The molecule has 1 aliphatic rings. The minimum atomic E-state index is -0.349. The number of fused-ring (bicyclic) bond motifs is 1. The fourth-order valence-electron chi connectivity index (χ4n) is 3.08. The summed E-state index contributed by atoms with van der Waals surface area (Å²) in [7, 11) is 0. The zero-order valence-corrected chi connectivity index (χ0v) is 12.4. The van der Waals surface area contributed by atoms with Gasteiger partial charge in [-0.25, -0.2) is 0 Å². The van der Waals surface area contributed by atoms with Crippen LogP contribution in [0.2, 0.25) is 0 Å². The highest BCUT2D eigenvalue weighted by molar-refractivity contribution is 5.81. The van der Waals surface area contributed by atoms with E-state index in [2.05, 4.69) is 23.8 Å². The third-order valence-corrected chi connectivity index (χ3v) is 4.37. The molecule has 1 aromatic heterocycles. The van der Waals surface area contributed by atoms with Crippen LogP contribution in [0.25, 0.3) is 10.9 Å². The molecule has 0 bridgehead atoms. The van der Waals surface area contributed by atoms with E-state index in [1.165, 1.54) is 6.07 Å². The Labute approximate surface area is 123 Å². The molecule has 1 aliphatic heterocycles. The van der Waals surface area contributed by atoms with Crippen LogP contribution < -0.4 is 0 Å². The van der Waals surface area contributed by atoms with Crippen LogP contribution in [0, 0.1) is 10.1 Å². The highest BCUT2D eigenvalue weighted by atomic mass is 16.6. The lowest BCUT2D eigenvalue weighted by Gasteiger charge is -2.34. The number of hydrogen-bond acceptors (Lipinski definition) is 4. The second kappa shape index (κ2) is 5.44. The molecule has 0 N–H and O–H groups in total. The van der Waals surface area contributed by atoms with Gasteiger partial charge < -0.3 is 4.90 Å². The van der Waals surface area contributed by atoms with Gasteiger partial charge in [-0.05, 0) is 32.8 Å². The third-order valence-electron chi connectivity index (χ3n) is 4.37. The Kier molecular flexibility index (Phi) is 3.63. The van der Waals surface area contributed by atoms with Crippen LogP contribution in [0.3, 0.4) is 0 Å². The molecule has 21 heavy (non-hydrogen) atoms. The molecule has 112 valence electrons. The highest BCUT2D eigenvalue weighted by Gasteiger charge is 2.24. The highest BCUT2D eigenvalue weighted by Crippen LogP contribution is 2.28. The van der Waals surface area contributed by atoms with Crippen molar-refractivity contribution in [2.24, 2.45) is 0 Å². The van der Waals surface area contributed by atoms with Crippen LogP contribution in [-0.4, -0.2) is 38.7 Å². The number of benzene rings is 1. The summed E-state index contributed by atoms with van der Waals surface area (Å²) in [6.45, 7) is 6.54. The van der Waals surface area contributed by atoms with Gasteiger partial charge in [0, 0.05) is 36.7 Å². The first-order valence-electron chi connectivity index (χ1n) is 7.42. The standard InChI is InChI=1S/C15H20N4O2/c1-11(2)17-7-5-13(6-8-17)18-15-9-14(19(20)21)4-3-12(15)10-16-18/h3-4,9-11,13H,5-8H2,1-2H3. The summed E-state index contributed by atoms with van der Waals surface area (Å²) in [5.74, 6) is 0. The summed E-state index contributed by atoms with van der Waals surface area (Å²) >= 11 is 0. The smallest absolute Gasteiger partial charge is 0.271 e. The molecule has 1 fully saturated rings. The number of piperidine rings is 1. The molecule has 6 nitrogen and oxygen atoms in total. The molecule has 0 atom stereocenters. The molecular formula is C15H20N4O2. The van der Waals surface area contributed by atoms with Crippen molar-refractivity contribution in [1.82, 2.24) is 14.7 Å². The van der Waals surface area contributed by atoms with Crippen molar-refractivity contribution in [3.05, 3.63) is 34.5 Å². The SMILES string of the molecule is CC(C)N1CCC(n2ncc3ccc([N+](=O)[O-])cc32)CC1. The topological polar surface area (TPSA) is 64.2 Å². The van der Waals surface area contributed by atoms with E-state index >= 15 is 0 Å². The molecular weight excluding hydrogens is 268 g/mol. The molecule has 1 aromatic carbocycles. The first kappa shape index (κ1) is 14.0. The lowest BCUT2D eigenvalue weighted by atomic mass is 10.0. The lowest BCUT2D eigenvalue weighted by molar-refractivity contribution is -0.384. The summed E-state index contributed by atoms with van der Waals surface area (Å²) in [5, 5.41) is 16.4. The summed E-state index contributed by atoms with van der Waals surface area (Å²) in [6, 6.07) is 5.86. The van der Waals surface area contributed by atoms with E-state index in [0.717, 1.165) is 36.8 Å². The Balaban J connectivity index is 1.87. The number of nitro benzene ring substituents is 1. The zero-order chi connectivity index (χ0) is 15.0. The van der Waals surface area contributed by atoms with E-state index in [4.69, 9.17) is 0 Å². The minimum Gasteiger partial charge on any atom is -0.301 e. The van der Waals surface area contributed by atoms with Crippen molar-refractivity contribution in [2.45, 2.75) is 38.8 Å². The number of likely N-dealkylation sites (tertiary alicyclic amines) is 1. The number of hydrogen-bond donors (Lipinski definition) is 0. The van der Waals surface area contributed by atoms with Crippen molar-refractivity contribution in [1.29, 1.82) is 0 Å². The monoisotopic (exact) mass is 288 g/mol. The molecule has 2 aromatic rings. The van der Waals surface area contributed by atoms with Crippen LogP contribution >= 0.6 is 0 Å². The zero-order valence-electron chi connectivity index (χ0n) is 12.4. The third kappa shape index (κ3) is 2.63. The first-order valence-corrected chi connectivity index (χ1v) is 7.42. The second-order valence-corrected chi connectivity index (χ2v) is 5.95. The average Bonchev–Trinajstić information content (AvgIpc) is 2.90. The van der Waals surface area contributed by atoms with Crippen molar-refractivity contribution >= 4 is 16.6 Å². The molecule has 0 radical (unpaired) electrons. The number of non-ortho nitro benzene ring substituents is 1. The van der Waals surface area contributed by atoms with E-state index in [-0.39, 0.29) is 10.6 Å². The molecule has 0 amide bonds. The molecule has 0 saturated carbocycles. The Morgan fingerprint density at radius 1 is 1.33 bits per heavy atom. The van der Waals surface area contributed by atoms with Gasteiger partial charge in [-0.3, -0.25) is 14.8 Å². The van der Waals surface area contributed by atoms with Gasteiger partial charge in [-0.1, -0.05) is 0 Å². The quantitative estimate of drug-likeness (QED) is 0.643. The molecule has 3 rings (SSSR count). The van der Waals surface area contributed by atoms with Crippen molar-refractivity contribution in [2.75, 3.05) is 13.1 Å². The van der Waals surface area contributed by atoms with Gasteiger partial charge >= 0.3 is 0 Å². The maximum absolute atomic E-state index is 10.9. The van der Waals surface area contributed by atoms with E-state index in [9.17, 15) is 10.1 Å². The van der Waals surface area contributed by atoms with Crippen LogP contribution in [-0.2, 0) is 0 Å².